The summed E-state index contributed by atoms with van der Waals surface area (Å²) < 4.78 is 11.2. The maximum Gasteiger partial charge on any atom is 0.263 e. The Morgan fingerprint density at radius 2 is 1.88 bits per heavy atom. The lowest BCUT2D eigenvalue weighted by Gasteiger charge is -2.07. The monoisotopic (exact) mass is 401 g/mol. The Labute approximate surface area is 153 Å². The van der Waals surface area contributed by atoms with Crippen LogP contribution in [0, 0.1) is 13.8 Å². The normalized spacial score (nSPS) is 10.5. The number of hydrogen-bond acceptors (Lipinski definition) is 5. The zero-order valence-corrected chi connectivity index (χ0v) is 15.3. The van der Waals surface area contributed by atoms with Crippen molar-refractivity contribution in [3.8, 4) is 17.0 Å². The van der Waals surface area contributed by atoms with Crippen molar-refractivity contribution in [1.82, 2.24) is 10.3 Å². The van der Waals surface area contributed by atoms with Crippen LogP contribution >= 0.6 is 15.9 Å². The summed E-state index contributed by atoms with van der Waals surface area (Å²) in [4.78, 5) is 12.1. The third-order valence-electron chi connectivity index (χ3n) is 3.71. The third-order valence-corrected chi connectivity index (χ3v) is 4.24. The zero-order valence-electron chi connectivity index (χ0n) is 13.7. The van der Waals surface area contributed by atoms with E-state index in [0.717, 1.165) is 15.6 Å². The van der Waals surface area contributed by atoms with E-state index in [1.165, 1.54) is 5.56 Å². The Morgan fingerprint density at radius 1 is 1.12 bits per heavy atom. The zero-order chi connectivity index (χ0) is 17.8. The van der Waals surface area contributed by atoms with Gasteiger partial charge in [-0.1, -0.05) is 28.1 Å². The van der Waals surface area contributed by atoms with Crippen LogP contribution in [-0.4, -0.2) is 22.8 Å². The van der Waals surface area contributed by atoms with Crippen molar-refractivity contribution in [3.05, 3.63) is 58.1 Å². The summed E-state index contributed by atoms with van der Waals surface area (Å²) in [6.45, 7) is 3.90. The minimum absolute atomic E-state index is 0.138. The predicted molar refractivity (Wildman–Crippen MR) is 97.5 cm³/mol. The highest BCUT2D eigenvalue weighted by Gasteiger charge is 2.16. The van der Waals surface area contributed by atoms with Crippen molar-refractivity contribution in [2.75, 3.05) is 11.9 Å². The van der Waals surface area contributed by atoms with Gasteiger partial charge in [0.15, 0.2) is 12.3 Å². The number of aromatic nitrogens is 2. The summed E-state index contributed by atoms with van der Waals surface area (Å²) >= 11 is 3.34. The highest BCUT2D eigenvalue weighted by atomic mass is 79.9. The van der Waals surface area contributed by atoms with Gasteiger partial charge >= 0.3 is 0 Å². The van der Waals surface area contributed by atoms with Crippen LogP contribution < -0.4 is 10.1 Å². The van der Waals surface area contributed by atoms with Crippen LogP contribution in [0.2, 0.25) is 0 Å². The number of halogens is 1. The van der Waals surface area contributed by atoms with Gasteiger partial charge in [0, 0.05) is 10.0 Å². The van der Waals surface area contributed by atoms with Crippen molar-refractivity contribution < 1.29 is 14.2 Å². The number of ether oxygens (including phenoxy) is 1. The molecule has 1 amide bonds. The van der Waals surface area contributed by atoms with Crippen LogP contribution in [0.15, 0.2) is 51.6 Å². The van der Waals surface area contributed by atoms with Gasteiger partial charge in [0.1, 0.15) is 5.75 Å². The molecule has 1 aromatic heterocycles. The van der Waals surface area contributed by atoms with Crippen LogP contribution in [0.4, 0.5) is 5.82 Å². The molecular formula is C18H16BrN3O3. The van der Waals surface area contributed by atoms with E-state index in [1.54, 1.807) is 12.1 Å². The largest absolute Gasteiger partial charge is 0.484 e. The van der Waals surface area contributed by atoms with E-state index in [4.69, 9.17) is 9.37 Å². The van der Waals surface area contributed by atoms with Crippen molar-refractivity contribution in [3.63, 3.8) is 0 Å². The van der Waals surface area contributed by atoms with Gasteiger partial charge in [-0.05, 0) is 65.6 Å². The fraction of sp³-hybridized carbons (Fsp3) is 0.167. The second kappa shape index (κ2) is 7.48. The van der Waals surface area contributed by atoms with Crippen molar-refractivity contribution in [2.24, 2.45) is 0 Å². The van der Waals surface area contributed by atoms with Crippen LogP contribution in [-0.2, 0) is 4.79 Å². The Hall–Kier alpha value is -2.67. The molecule has 1 N–H and O–H groups in total. The first-order chi connectivity index (χ1) is 12.0. The number of nitrogens with one attached hydrogen (secondary N) is 1. The average molecular weight is 402 g/mol. The molecule has 0 saturated heterocycles. The molecule has 25 heavy (non-hydrogen) atoms. The first kappa shape index (κ1) is 17.2. The number of carbonyl (C=O) groups excluding carboxylic acids is 1. The van der Waals surface area contributed by atoms with Crippen molar-refractivity contribution >= 4 is 27.7 Å². The number of anilines is 1. The van der Waals surface area contributed by atoms with E-state index in [-0.39, 0.29) is 18.3 Å². The highest BCUT2D eigenvalue weighted by molar-refractivity contribution is 9.10. The molecule has 2 aromatic carbocycles. The van der Waals surface area contributed by atoms with Crippen LogP contribution in [0.1, 0.15) is 11.1 Å². The van der Waals surface area contributed by atoms with Crippen molar-refractivity contribution in [1.29, 1.82) is 0 Å². The van der Waals surface area contributed by atoms with E-state index in [9.17, 15) is 4.79 Å². The Bertz CT molecular complexity index is 891. The SMILES string of the molecule is Cc1ccc(-c2nonc2NC(=O)COc2ccc(Br)cc2)cc1C. The second-order valence-electron chi connectivity index (χ2n) is 5.55. The number of hydrogen-bond donors (Lipinski definition) is 1. The fourth-order valence-corrected chi connectivity index (χ4v) is 2.46. The third kappa shape index (κ3) is 4.24. The number of aryl methyl sites for hydroxylation is 2. The minimum Gasteiger partial charge on any atom is -0.484 e. The maximum atomic E-state index is 12.1. The topological polar surface area (TPSA) is 77.3 Å². The predicted octanol–water partition coefficient (Wildman–Crippen LogP) is 4.13. The van der Waals surface area contributed by atoms with E-state index < -0.39 is 0 Å². The molecule has 0 unspecified atom stereocenters. The van der Waals surface area contributed by atoms with E-state index in [1.807, 2.05) is 44.2 Å². The Kier molecular flexibility index (Phi) is 5.14. The Balaban J connectivity index is 1.67. The number of rotatable bonds is 5. The summed E-state index contributed by atoms with van der Waals surface area (Å²) in [5.74, 6) is 0.530. The first-order valence-electron chi connectivity index (χ1n) is 7.61. The molecule has 0 fully saturated rings. The van der Waals surface area contributed by atoms with Gasteiger partial charge in [-0.25, -0.2) is 4.63 Å². The van der Waals surface area contributed by atoms with Crippen LogP contribution in [0.5, 0.6) is 5.75 Å². The first-order valence-corrected chi connectivity index (χ1v) is 8.40. The molecule has 6 nitrogen and oxygen atoms in total. The van der Waals surface area contributed by atoms with Gasteiger partial charge in [0.25, 0.3) is 5.91 Å². The molecule has 128 valence electrons. The molecular weight excluding hydrogens is 386 g/mol. The minimum atomic E-state index is -0.344. The van der Waals surface area contributed by atoms with E-state index in [2.05, 4.69) is 31.6 Å². The molecule has 0 spiro atoms. The molecule has 0 atom stereocenters. The average Bonchev–Trinajstić information content (AvgIpc) is 3.05. The quantitative estimate of drug-likeness (QED) is 0.695. The maximum absolute atomic E-state index is 12.1. The van der Waals surface area contributed by atoms with Crippen LogP contribution in [0.3, 0.4) is 0 Å². The summed E-state index contributed by atoms with van der Waals surface area (Å²) in [5.41, 5.74) is 3.61. The summed E-state index contributed by atoms with van der Waals surface area (Å²) in [6, 6.07) is 13.1. The lowest BCUT2D eigenvalue weighted by atomic mass is 10.0. The fourth-order valence-electron chi connectivity index (χ4n) is 2.20. The molecule has 1 heterocycles. The highest BCUT2D eigenvalue weighted by Crippen LogP contribution is 2.26. The molecule has 0 aliphatic heterocycles. The van der Waals surface area contributed by atoms with Gasteiger partial charge in [-0.2, -0.15) is 0 Å². The number of carbonyl (C=O) groups is 1. The standard InChI is InChI=1S/C18H16BrN3O3/c1-11-3-4-13(9-12(11)2)17-18(22-25-21-17)20-16(23)10-24-15-7-5-14(19)6-8-15/h3-9H,10H2,1-2H3,(H,20,22,23). The number of amides is 1. The van der Waals surface area contributed by atoms with E-state index >= 15 is 0 Å². The smallest absolute Gasteiger partial charge is 0.263 e. The Morgan fingerprint density at radius 3 is 2.60 bits per heavy atom. The molecule has 0 aliphatic rings. The summed E-state index contributed by atoms with van der Waals surface area (Å²) in [5, 5.41) is 10.3. The lowest BCUT2D eigenvalue weighted by molar-refractivity contribution is -0.118. The lowest BCUT2D eigenvalue weighted by Crippen LogP contribution is -2.20. The molecule has 0 aliphatic carbocycles. The molecule has 3 rings (SSSR count). The number of nitrogens with zero attached hydrogens (tertiary/aromatic N) is 2. The number of benzene rings is 2. The molecule has 0 bridgehead atoms. The van der Waals surface area contributed by atoms with Crippen LogP contribution in [0.25, 0.3) is 11.3 Å². The van der Waals surface area contributed by atoms with Gasteiger partial charge in [-0.15, -0.1) is 0 Å². The van der Waals surface area contributed by atoms with Gasteiger partial charge in [0.05, 0.1) is 0 Å². The van der Waals surface area contributed by atoms with E-state index in [0.29, 0.717) is 11.4 Å². The summed E-state index contributed by atoms with van der Waals surface area (Å²) in [7, 11) is 0. The van der Waals surface area contributed by atoms with Gasteiger partial charge in [0.2, 0.25) is 5.82 Å². The molecule has 3 aromatic rings. The van der Waals surface area contributed by atoms with Gasteiger partial charge in [-0.3, -0.25) is 4.79 Å². The van der Waals surface area contributed by atoms with Gasteiger partial charge < -0.3 is 10.1 Å². The summed E-state index contributed by atoms with van der Waals surface area (Å²) in [6.07, 6.45) is 0. The molecule has 7 heteroatoms. The molecule has 0 radical (unpaired) electrons. The molecule has 0 saturated carbocycles. The van der Waals surface area contributed by atoms with Crippen molar-refractivity contribution in [2.45, 2.75) is 13.8 Å². The second-order valence-corrected chi connectivity index (χ2v) is 6.47.